The minimum absolute atomic E-state index is 0.229. The molecule has 0 aliphatic heterocycles. The molecule has 1 N–H and O–H groups in total. The number of terminal acetylenes is 2. The third kappa shape index (κ3) is 4.07. The highest BCUT2D eigenvalue weighted by molar-refractivity contribution is 6.00. The summed E-state index contributed by atoms with van der Waals surface area (Å²) in [7, 11) is 2.25. The van der Waals surface area contributed by atoms with Crippen molar-refractivity contribution in [1.29, 1.82) is 0 Å². The number of aliphatic hydroxyl groups excluding tert-OH is 1. The first-order valence-corrected chi connectivity index (χ1v) is 5.21. The van der Waals surface area contributed by atoms with Crippen molar-refractivity contribution in [3.8, 4) is 36.5 Å². The second-order valence-electron chi connectivity index (χ2n) is 3.51. The van der Waals surface area contributed by atoms with E-state index in [1.807, 2.05) is 5.92 Å². The van der Waals surface area contributed by atoms with Gasteiger partial charge in [0.05, 0.1) is 14.2 Å². The monoisotopic (exact) mass is 262 g/mol. The summed E-state index contributed by atoms with van der Waals surface area (Å²) in [4.78, 5) is 23.6. The molecule has 0 radical (unpaired) electrons. The summed E-state index contributed by atoms with van der Waals surface area (Å²) in [6, 6.07) is 0. The fourth-order valence-corrected chi connectivity index (χ4v) is 1.34. The summed E-state index contributed by atoms with van der Waals surface area (Å²) < 4.78 is 9.14. The summed E-state index contributed by atoms with van der Waals surface area (Å²) in [6.07, 6.45) is 8.33. The molecular weight excluding hydrogens is 248 g/mol. The molecule has 5 nitrogen and oxygen atoms in total. The van der Waals surface area contributed by atoms with Crippen molar-refractivity contribution in [2.75, 3.05) is 14.2 Å². The van der Waals surface area contributed by atoms with E-state index >= 15 is 0 Å². The number of hydrogen-bond donors (Lipinski definition) is 1. The standard InChI is InChI=1S/C14H14O5/c1-5-9-14(12(16)18-3,13(17)19-4)10-7-8-11(15)6-2/h1-2,11,15H,9-10H2,3-4H3. The minimum atomic E-state index is -1.71. The fraction of sp³-hybridized carbons (Fsp3) is 0.429. The zero-order valence-electron chi connectivity index (χ0n) is 10.7. The zero-order chi connectivity index (χ0) is 14.9. The van der Waals surface area contributed by atoms with Crippen LogP contribution in [0.15, 0.2) is 0 Å². The molecule has 0 aromatic heterocycles. The highest BCUT2D eigenvalue weighted by atomic mass is 16.5. The highest BCUT2D eigenvalue weighted by Gasteiger charge is 2.47. The van der Waals surface area contributed by atoms with Crippen molar-refractivity contribution in [2.45, 2.75) is 18.9 Å². The van der Waals surface area contributed by atoms with Crippen LogP contribution in [-0.2, 0) is 19.1 Å². The third-order valence-corrected chi connectivity index (χ3v) is 2.34. The molecule has 19 heavy (non-hydrogen) atoms. The Morgan fingerprint density at radius 3 is 2.11 bits per heavy atom. The average molecular weight is 262 g/mol. The van der Waals surface area contributed by atoms with Crippen molar-refractivity contribution in [3.05, 3.63) is 0 Å². The molecule has 0 aliphatic carbocycles. The molecule has 5 heteroatoms. The van der Waals surface area contributed by atoms with Gasteiger partial charge in [-0.05, 0) is 0 Å². The van der Waals surface area contributed by atoms with Gasteiger partial charge in [-0.25, -0.2) is 0 Å². The maximum Gasteiger partial charge on any atom is 0.325 e. The highest BCUT2D eigenvalue weighted by Crippen LogP contribution is 2.29. The number of carbonyl (C=O) groups excluding carboxylic acids is 2. The van der Waals surface area contributed by atoms with E-state index in [1.54, 1.807) is 0 Å². The largest absolute Gasteiger partial charge is 0.468 e. The Morgan fingerprint density at radius 2 is 1.74 bits per heavy atom. The van der Waals surface area contributed by atoms with E-state index in [4.69, 9.17) is 18.0 Å². The van der Waals surface area contributed by atoms with Gasteiger partial charge in [-0.1, -0.05) is 17.8 Å². The Morgan fingerprint density at radius 1 is 1.21 bits per heavy atom. The van der Waals surface area contributed by atoms with Gasteiger partial charge in [0.25, 0.3) is 0 Å². The Bertz CT molecular complexity index is 465. The minimum Gasteiger partial charge on any atom is -0.468 e. The molecule has 0 spiro atoms. The molecule has 0 bridgehead atoms. The van der Waals surface area contributed by atoms with E-state index < -0.39 is 23.5 Å². The Hall–Kier alpha value is -2.42. The summed E-state index contributed by atoms with van der Waals surface area (Å²) >= 11 is 0. The maximum atomic E-state index is 11.8. The quantitative estimate of drug-likeness (QED) is 0.429. The van der Waals surface area contributed by atoms with Crippen LogP contribution in [0.1, 0.15) is 12.8 Å². The lowest BCUT2D eigenvalue weighted by Crippen LogP contribution is -2.40. The normalized spacial score (nSPS) is 11.0. The van der Waals surface area contributed by atoms with E-state index in [0.29, 0.717) is 0 Å². The second kappa shape index (κ2) is 7.82. The maximum absolute atomic E-state index is 11.8. The van der Waals surface area contributed by atoms with Gasteiger partial charge in [-0.3, -0.25) is 9.59 Å². The third-order valence-electron chi connectivity index (χ3n) is 2.34. The molecule has 0 fully saturated rings. The van der Waals surface area contributed by atoms with Crippen molar-refractivity contribution < 1.29 is 24.2 Å². The molecule has 1 unspecified atom stereocenters. The number of aliphatic hydroxyl groups is 1. The van der Waals surface area contributed by atoms with Gasteiger partial charge in [0.2, 0.25) is 0 Å². The molecule has 0 rings (SSSR count). The number of methoxy groups -OCH3 is 2. The number of ether oxygens (including phenoxy) is 2. The van der Waals surface area contributed by atoms with Crippen molar-refractivity contribution in [3.63, 3.8) is 0 Å². The number of hydrogen-bond acceptors (Lipinski definition) is 5. The van der Waals surface area contributed by atoms with Crippen molar-refractivity contribution in [2.24, 2.45) is 5.41 Å². The number of rotatable bonds is 4. The van der Waals surface area contributed by atoms with E-state index in [9.17, 15) is 9.59 Å². The smallest absolute Gasteiger partial charge is 0.325 e. The molecule has 1 atom stereocenters. The van der Waals surface area contributed by atoms with Crippen LogP contribution in [0.5, 0.6) is 0 Å². The van der Waals surface area contributed by atoms with E-state index in [-0.39, 0.29) is 12.8 Å². The lowest BCUT2D eigenvalue weighted by Gasteiger charge is -2.23. The van der Waals surface area contributed by atoms with Gasteiger partial charge < -0.3 is 14.6 Å². The summed E-state index contributed by atoms with van der Waals surface area (Å²) in [5.74, 6) is 7.25. The number of carbonyl (C=O) groups is 2. The predicted molar refractivity (Wildman–Crippen MR) is 67.1 cm³/mol. The lowest BCUT2D eigenvalue weighted by atomic mass is 9.81. The first-order valence-electron chi connectivity index (χ1n) is 5.21. The van der Waals surface area contributed by atoms with Gasteiger partial charge in [-0.15, -0.1) is 18.8 Å². The first-order chi connectivity index (χ1) is 8.98. The van der Waals surface area contributed by atoms with Gasteiger partial charge in [0, 0.05) is 12.8 Å². The van der Waals surface area contributed by atoms with Crippen LogP contribution in [-0.4, -0.2) is 37.4 Å². The van der Waals surface area contributed by atoms with Crippen molar-refractivity contribution >= 4 is 11.9 Å². The molecule has 0 aliphatic rings. The average Bonchev–Trinajstić information content (AvgIpc) is 2.44. The molecule has 0 saturated heterocycles. The first kappa shape index (κ1) is 16.6. The van der Waals surface area contributed by atoms with Gasteiger partial charge in [0.15, 0.2) is 11.5 Å². The van der Waals surface area contributed by atoms with Gasteiger partial charge in [-0.2, -0.15) is 0 Å². The second-order valence-corrected chi connectivity index (χ2v) is 3.51. The van der Waals surface area contributed by atoms with Gasteiger partial charge in [0.1, 0.15) is 0 Å². The fourth-order valence-electron chi connectivity index (χ4n) is 1.34. The molecule has 100 valence electrons. The Kier molecular flexibility index (Phi) is 6.82. The summed E-state index contributed by atoms with van der Waals surface area (Å²) in [5.41, 5.74) is -1.71. The van der Waals surface area contributed by atoms with Crippen LogP contribution >= 0.6 is 0 Å². The summed E-state index contributed by atoms with van der Waals surface area (Å²) in [5, 5.41) is 9.09. The van der Waals surface area contributed by atoms with Gasteiger partial charge >= 0.3 is 11.9 Å². The SMILES string of the molecule is C#CCC(CC#CC(O)C#C)(C(=O)OC)C(=O)OC. The van der Waals surface area contributed by atoms with E-state index in [1.165, 1.54) is 0 Å². The Labute approximate surface area is 112 Å². The molecule has 0 saturated carbocycles. The Balaban J connectivity index is 5.41. The van der Waals surface area contributed by atoms with Crippen LogP contribution in [0.25, 0.3) is 0 Å². The molecular formula is C14H14O5. The molecule has 0 aromatic carbocycles. The zero-order valence-corrected chi connectivity index (χ0v) is 10.7. The van der Waals surface area contributed by atoms with Crippen LogP contribution < -0.4 is 0 Å². The van der Waals surface area contributed by atoms with Crippen LogP contribution in [0.4, 0.5) is 0 Å². The summed E-state index contributed by atoms with van der Waals surface area (Å²) in [6.45, 7) is 0. The van der Waals surface area contributed by atoms with Crippen LogP contribution in [0.3, 0.4) is 0 Å². The predicted octanol–water partition coefficient (Wildman–Crippen LogP) is -0.270. The van der Waals surface area contributed by atoms with E-state index in [2.05, 4.69) is 27.2 Å². The van der Waals surface area contributed by atoms with Crippen LogP contribution in [0.2, 0.25) is 0 Å². The van der Waals surface area contributed by atoms with Crippen molar-refractivity contribution in [1.82, 2.24) is 0 Å². The number of esters is 2. The topological polar surface area (TPSA) is 72.8 Å². The van der Waals surface area contributed by atoms with E-state index in [0.717, 1.165) is 14.2 Å². The molecule has 0 aromatic rings. The lowest BCUT2D eigenvalue weighted by molar-refractivity contribution is -0.168. The van der Waals surface area contributed by atoms with Crippen LogP contribution in [0, 0.1) is 41.9 Å². The molecule has 0 heterocycles. The molecule has 0 amide bonds.